The predicted molar refractivity (Wildman–Crippen MR) is 87.4 cm³/mol. The third-order valence-electron chi connectivity index (χ3n) is 3.13. The van der Waals surface area contributed by atoms with E-state index in [1.807, 2.05) is 10.6 Å². The van der Waals surface area contributed by atoms with E-state index in [0.717, 1.165) is 18.2 Å². The molecule has 0 atom stereocenters. The smallest absolute Gasteiger partial charge is 0.326 e. The number of benzene rings is 2. The number of rotatable bonds is 4. The highest BCUT2D eigenvalue weighted by Gasteiger charge is 2.22. The number of carbonyl (C=O) groups excluding carboxylic acids is 2. The number of amides is 3. The Balaban J connectivity index is 2.24. The van der Waals surface area contributed by atoms with Crippen molar-refractivity contribution in [3.8, 4) is 11.5 Å². The summed E-state index contributed by atoms with van der Waals surface area (Å²) in [6.45, 7) is 0. The maximum absolute atomic E-state index is 13.5. The summed E-state index contributed by atoms with van der Waals surface area (Å²) in [5, 5.41) is 4.13. The summed E-state index contributed by atoms with van der Waals surface area (Å²) in [6, 6.07) is 4.65. The van der Waals surface area contributed by atoms with Gasteiger partial charge in [-0.1, -0.05) is 17.7 Å². The summed E-state index contributed by atoms with van der Waals surface area (Å²) < 4.78 is 37.2. The second-order valence-electron chi connectivity index (χ2n) is 4.69. The molecule has 2 aromatic carbocycles. The normalized spacial score (nSPS) is 10.1. The van der Waals surface area contributed by atoms with Gasteiger partial charge in [-0.2, -0.15) is 0 Å². The number of ether oxygens (including phenoxy) is 2. The quantitative estimate of drug-likeness (QED) is 0.862. The van der Waals surface area contributed by atoms with Gasteiger partial charge in [0.1, 0.15) is 34.4 Å². The maximum atomic E-state index is 13.5. The first kappa shape index (κ1) is 18.5. The van der Waals surface area contributed by atoms with Gasteiger partial charge >= 0.3 is 6.03 Å². The fraction of sp³-hybridized carbons (Fsp3) is 0.125. The number of carbonyl (C=O) groups is 2. The van der Waals surface area contributed by atoms with Crippen molar-refractivity contribution >= 4 is 29.2 Å². The number of para-hydroxylation sites is 1. The zero-order valence-corrected chi connectivity index (χ0v) is 13.9. The summed E-state index contributed by atoms with van der Waals surface area (Å²) in [5.41, 5.74) is -0.776. The molecule has 0 aliphatic carbocycles. The lowest BCUT2D eigenvalue weighted by Gasteiger charge is -2.14. The van der Waals surface area contributed by atoms with E-state index in [1.165, 1.54) is 26.4 Å². The lowest BCUT2D eigenvalue weighted by Crippen LogP contribution is -2.35. The van der Waals surface area contributed by atoms with Crippen LogP contribution in [-0.4, -0.2) is 26.2 Å². The molecule has 0 aliphatic heterocycles. The monoisotopic (exact) mass is 370 g/mol. The van der Waals surface area contributed by atoms with Crippen LogP contribution in [0.4, 0.5) is 19.3 Å². The molecular formula is C16H13ClF2N2O4. The second kappa shape index (κ2) is 7.80. The summed E-state index contributed by atoms with van der Waals surface area (Å²) in [7, 11) is 2.60. The lowest BCUT2D eigenvalue weighted by atomic mass is 10.1. The minimum absolute atomic E-state index is 0.0618. The zero-order chi connectivity index (χ0) is 18.6. The van der Waals surface area contributed by atoms with Crippen LogP contribution in [0.2, 0.25) is 5.02 Å². The first-order valence-electron chi connectivity index (χ1n) is 6.85. The molecule has 9 heteroatoms. The Bertz CT molecular complexity index is 785. The van der Waals surface area contributed by atoms with E-state index in [9.17, 15) is 18.4 Å². The fourth-order valence-corrected chi connectivity index (χ4v) is 2.23. The van der Waals surface area contributed by atoms with E-state index in [0.29, 0.717) is 0 Å². The number of imide groups is 1. The van der Waals surface area contributed by atoms with Crippen LogP contribution in [0.5, 0.6) is 11.5 Å². The largest absolute Gasteiger partial charge is 0.496 e. The first-order valence-corrected chi connectivity index (χ1v) is 7.23. The molecule has 0 spiro atoms. The van der Waals surface area contributed by atoms with Crippen LogP contribution in [0.1, 0.15) is 10.4 Å². The molecule has 0 bridgehead atoms. The molecule has 132 valence electrons. The van der Waals surface area contributed by atoms with Gasteiger partial charge in [0.2, 0.25) is 0 Å². The molecule has 0 aliphatic rings. The third kappa shape index (κ3) is 4.16. The van der Waals surface area contributed by atoms with Crippen molar-refractivity contribution in [3.63, 3.8) is 0 Å². The maximum Gasteiger partial charge on any atom is 0.326 e. The minimum Gasteiger partial charge on any atom is -0.496 e. The Labute approximate surface area is 146 Å². The highest BCUT2D eigenvalue weighted by atomic mass is 35.5. The summed E-state index contributed by atoms with van der Waals surface area (Å²) in [5.74, 6) is -2.74. The molecule has 2 N–H and O–H groups in total. The Morgan fingerprint density at radius 1 is 1.04 bits per heavy atom. The van der Waals surface area contributed by atoms with Crippen molar-refractivity contribution in [2.45, 2.75) is 0 Å². The van der Waals surface area contributed by atoms with Crippen LogP contribution < -0.4 is 20.1 Å². The average molecular weight is 371 g/mol. The van der Waals surface area contributed by atoms with Crippen molar-refractivity contribution in [2.75, 3.05) is 19.5 Å². The standard InChI is InChI=1S/C16H13ClF2N2O4/c1-24-11-6-8(17)7-12(25-2)13(11)15(22)21-16(23)20-14-9(18)4-3-5-10(14)19/h3-7H,1-2H3,(H2,20,21,22,23). The average Bonchev–Trinajstić information content (AvgIpc) is 2.57. The zero-order valence-electron chi connectivity index (χ0n) is 13.2. The molecule has 2 aromatic rings. The van der Waals surface area contributed by atoms with Gasteiger partial charge in [-0.3, -0.25) is 10.1 Å². The van der Waals surface area contributed by atoms with Crippen molar-refractivity contribution < 1.29 is 27.8 Å². The van der Waals surface area contributed by atoms with Gasteiger partial charge in [-0.15, -0.1) is 0 Å². The van der Waals surface area contributed by atoms with Crippen LogP contribution >= 0.6 is 11.6 Å². The molecule has 0 aromatic heterocycles. The Hall–Kier alpha value is -2.87. The summed E-state index contributed by atoms with van der Waals surface area (Å²) in [4.78, 5) is 24.2. The predicted octanol–water partition coefficient (Wildman–Crippen LogP) is 3.60. The third-order valence-corrected chi connectivity index (χ3v) is 3.34. The Kier molecular flexibility index (Phi) is 5.76. The highest BCUT2D eigenvalue weighted by molar-refractivity contribution is 6.31. The number of methoxy groups -OCH3 is 2. The minimum atomic E-state index is -1.13. The lowest BCUT2D eigenvalue weighted by molar-refractivity contribution is 0.0961. The van der Waals surface area contributed by atoms with Crippen LogP contribution in [0.3, 0.4) is 0 Å². The topological polar surface area (TPSA) is 76.7 Å². The molecular weight excluding hydrogens is 358 g/mol. The SMILES string of the molecule is COc1cc(Cl)cc(OC)c1C(=O)NC(=O)Nc1c(F)cccc1F. The molecule has 6 nitrogen and oxygen atoms in total. The van der Waals surface area contributed by atoms with Gasteiger partial charge in [0, 0.05) is 5.02 Å². The van der Waals surface area contributed by atoms with Crippen molar-refractivity contribution in [1.29, 1.82) is 0 Å². The van der Waals surface area contributed by atoms with Gasteiger partial charge in [-0.25, -0.2) is 13.6 Å². The van der Waals surface area contributed by atoms with E-state index in [1.54, 1.807) is 0 Å². The Morgan fingerprint density at radius 2 is 1.56 bits per heavy atom. The van der Waals surface area contributed by atoms with E-state index < -0.39 is 29.3 Å². The first-order chi connectivity index (χ1) is 11.9. The number of nitrogens with one attached hydrogen (secondary N) is 2. The van der Waals surface area contributed by atoms with Crippen LogP contribution in [0.25, 0.3) is 0 Å². The number of urea groups is 1. The van der Waals surface area contributed by atoms with Crippen molar-refractivity contribution in [2.24, 2.45) is 0 Å². The summed E-state index contributed by atoms with van der Waals surface area (Å²) >= 11 is 5.88. The summed E-state index contributed by atoms with van der Waals surface area (Å²) in [6.07, 6.45) is 0. The molecule has 3 amide bonds. The number of anilines is 1. The van der Waals surface area contributed by atoms with Crippen LogP contribution in [-0.2, 0) is 0 Å². The number of halogens is 3. The second-order valence-corrected chi connectivity index (χ2v) is 5.13. The fourth-order valence-electron chi connectivity index (χ4n) is 2.03. The number of hydrogen-bond donors (Lipinski definition) is 2. The molecule has 0 unspecified atom stereocenters. The molecule has 0 fully saturated rings. The van der Waals surface area contributed by atoms with E-state index in [2.05, 4.69) is 0 Å². The molecule has 0 saturated heterocycles. The molecule has 0 saturated carbocycles. The van der Waals surface area contributed by atoms with E-state index >= 15 is 0 Å². The van der Waals surface area contributed by atoms with Crippen molar-refractivity contribution in [3.05, 3.63) is 52.6 Å². The van der Waals surface area contributed by atoms with Gasteiger partial charge in [0.15, 0.2) is 0 Å². The molecule has 0 radical (unpaired) electrons. The highest BCUT2D eigenvalue weighted by Crippen LogP contribution is 2.32. The van der Waals surface area contributed by atoms with E-state index in [-0.39, 0.29) is 22.1 Å². The molecule has 0 heterocycles. The van der Waals surface area contributed by atoms with Crippen LogP contribution in [0.15, 0.2) is 30.3 Å². The molecule has 25 heavy (non-hydrogen) atoms. The number of hydrogen-bond acceptors (Lipinski definition) is 4. The Morgan fingerprint density at radius 3 is 2.04 bits per heavy atom. The van der Waals surface area contributed by atoms with Crippen molar-refractivity contribution in [1.82, 2.24) is 5.32 Å². The van der Waals surface area contributed by atoms with E-state index in [4.69, 9.17) is 21.1 Å². The molecule has 2 rings (SSSR count). The van der Waals surface area contributed by atoms with Crippen LogP contribution in [0, 0.1) is 11.6 Å². The van der Waals surface area contributed by atoms with Gasteiger partial charge < -0.3 is 14.8 Å². The van der Waals surface area contributed by atoms with Gasteiger partial charge in [-0.05, 0) is 24.3 Å². The van der Waals surface area contributed by atoms with Gasteiger partial charge in [0.25, 0.3) is 5.91 Å². The van der Waals surface area contributed by atoms with Gasteiger partial charge in [0.05, 0.1) is 14.2 Å².